The van der Waals surface area contributed by atoms with Crippen LogP contribution in [0.25, 0.3) is 0 Å². The topological polar surface area (TPSA) is 41.1 Å². The molecule has 0 bridgehead atoms. The highest BCUT2D eigenvalue weighted by Crippen LogP contribution is 2.24. The largest absolute Gasteiger partial charge is 0.325 e. The summed E-state index contributed by atoms with van der Waals surface area (Å²) in [6.45, 7) is 1.10. The first kappa shape index (κ1) is 14.4. The lowest BCUT2D eigenvalue weighted by atomic mass is 10.0. The molecule has 104 valence electrons. The van der Waals surface area contributed by atoms with Crippen molar-refractivity contribution < 1.29 is 4.79 Å². The highest BCUT2D eigenvalue weighted by atomic mass is 32.2. The zero-order chi connectivity index (χ0) is 13.5. The van der Waals surface area contributed by atoms with Gasteiger partial charge in [0.05, 0.1) is 5.69 Å². The van der Waals surface area contributed by atoms with Crippen molar-refractivity contribution in [2.75, 3.05) is 18.1 Å². The van der Waals surface area contributed by atoms with Crippen molar-refractivity contribution in [3.8, 4) is 0 Å². The third kappa shape index (κ3) is 4.55. The average Bonchev–Trinajstić information content (AvgIpc) is 2.47. The Morgan fingerprint density at radius 3 is 3.00 bits per heavy atom. The summed E-state index contributed by atoms with van der Waals surface area (Å²) in [6.07, 6.45) is 7.32. The number of thioether (sulfide) groups is 1. The van der Waals surface area contributed by atoms with Gasteiger partial charge in [-0.25, -0.2) is 0 Å². The van der Waals surface area contributed by atoms with E-state index in [1.165, 1.54) is 19.3 Å². The first-order chi connectivity index (χ1) is 9.29. The van der Waals surface area contributed by atoms with E-state index in [1.54, 1.807) is 11.8 Å². The molecule has 1 unspecified atom stereocenters. The van der Waals surface area contributed by atoms with Gasteiger partial charge in [-0.1, -0.05) is 18.6 Å². The van der Waals surface area contributed by atoms with Gasteiger partial charge in [0.25, 0.3) is 0 Å². The van der Waals surface area contributed by atoms with Crippen LogP contribution in [0.4, 0.5) is 5.69 Å². The van der Waals surface area contributed by atoms with Gasteiger partial charge in [0.15, 0.2) is 0 Å². The number of hydrogen-bond donors (Lipinski definition) is 2. The van der Waals surface area contributed by atoms with Gasteiger partial charge in [0.1, 0.15) is 0 Å². The molecular formula is C15H22N2OS. The van der Waals surface area contributed by atoms with Crippen LogP contribution in [0.15, 0.2) is 29.2 Å². The summed E-state index contributed by atoms with van der Waals surface area (Å²) in [6, 6.07) is 8.46. The average molecular weight is 278 g/mol. The number of rotatable bonds is 5. The van der Waals surface area contributed by atoms with Crippen molar-refractivity contribution >= 4 is 23.4 Å². The number of hydrogen-bond acceptors (Lipinski definition) is 3. The molecule has 0 radical (unpaired) electrons. The third-order valence-electron chi connectivity index (χ3n) is 3.51. The Labute approximate surface area is 119 Å². The molecule has 2 N–H and O–H groups in total. The number of carbonyl (C=O) groups excluding carboxylic acids is 1. The van der Waals surface area contributed by atoms with Crippen LogP contribution in [0, 0.1) is 0 Å². The molecule has 1 amide bonds. The number of nitrogens with one attached hydrogen (secondary N) is 2. The molecule has 19 heavy (non-hydrogen) atoms. The molecule has 0 saturated carbocycles. The minimum atomic E-state index is 0.119. The first-order valence-corrected chi connectivity index (χ1v) is 8.18. The minimum absolute atomic E-state index is 0.119. The van der Waals surface area contributed by atoms with Crippen LogP contribution in [0.3, 0.4) is 0 Å². The third-order valence-corrected chi connectivity index (χ3v) is 4.31. The highest BCUT2D eigenvalue weighted by Gasteiger charge is 2.14. The fraction of sp³-hybridized carbons (Fsp3) is 0.533. The molecule has 0 aromatic heterocycles. The van der Waals surface area contributed by atoms with Crippen molar-refractivity contribution in [1.29, 1.82) is 0 Å². The summed E-state index contributed by atoms with van der Waals surface area (Å²) < 4.78 is 0. The second-order valence-electron chi connectivity index (χ2n) is 4.93. The van der Waals surface area contributed by atoms with Crippen LogP contribution in [0.1, 0.15) is 32.1 Å². The van der Waals surface area contributed by atoms with Crippen LogP contribution in [0.2, 0.25) is 0 Å². The van der Waals surface area contributed by atoms with E-state index in [2.05, 4.69) is 10.6 Å². The second-order valence-corrected chi connectivity index (χ2v) is 5.78. The quantitative estimate of drug-likeness (QED) is 0.812. The smallest absolute Gasteiger partial charge is 0.224 e. The monoisotopic (exact) mass is 278 g/mol. The van der Waals surface area contributed by atoms with Gasteiger partial charge in [-0.3, -0.25) is 4.79 Å². The second kappa shape index (κ2) is 7.56. The molecule has 1 fully saturated rings. The Kier molecular flexibility index (Phi) is 5.73. The normalized spacial score (nSPS) is 19.1. The van der Waals surface area contributed by atoms with Crippen molar-refractivity contribution in [3.63, 3.8) is 0 Å². The Balaban J connectivity index is 1.80. The van der Waals surface area contributed by atoms with Crippen LogP contribution in [-0.2, 0) is 4.79 Å². The lowest BCUT2D eigenvalue weighted by Gasteiger charge is -2.23. The predicted molar refractivity (Wildman–Crippen MR) is 81.7 cm³/mol. The molecule has 1 aliphatic heterocycles. The number of anilines is 1. The van der Waals surface area contributed by atoms with E-state index in [-0.39, 0.29) is 5.91 Å². The van der Waals surface area contributed by atoms with Gasteiger partial charge in [0.2, 0.25) is 5.91 Å². The predicted octanol–water partition coefficient (Wildman–Crippen LogP) is 3.27. The van der Waals surface area contributed by atoms with Crippen LogP contribution >= 0.6 is 11.8 Å². The van der Waals surface area contributed by atoms with Gasteiger partial charge in [0, 0.05) is 17.4 Å². The molecular weight excluding hydrogens is 256 g/mol. The van der Waals surface area contributed by atoms with Crippen molar-refractivity contribution in [3.05, 3.63) is 24.3 Å². The fourth-order valence-electron chi connectivity index (χ4n) is 2.44. The minimum Gasteiger partial charge on any atom is -0.325 e. The van der Waals surface area contributed by atoms with Gasteiger partial charge in [-0.05, 0) is 44.2 Å². The summed E-state index contributed by atoms with van der Waals surface area (Å²) >= 11 is 1.66. The summed E-state index contributed by atoms with van der Waals surface area (Å²) in [5, 5.41) is 6.49. The maximum absolute atomic E-state index is 12.0. The Morgan fingerprint density at radius 1 is 1.42 bits per heavy atom. The molecule has 2 rings (SSSR count). The number of amides is 1. The molecule has 1 aliphatic rings. The Hall–Kier alpha value is -1.00. The fourth-order valence-corrected chi connectivity index (χ4v) is 2.99. The zero-order valence-corrected chi connectivity index (χ0v) is 12.3. The molecule has 4 heteroatoms. The molecule has 1 atom stereocenters. The standard InChI is InChI=1S/C15H22N2OS/c1-19-14-8-3-2-7-13(14)17-15(18)10-9-12-6-4-5-11-16-12/h2-3,7-8,12,16H,4-6,9-11H2,1H3,(H,17,18). The molecule has 0 spiro atoms. The summed E-state index contributed by atoms with van der Waals surface area (Å²) in [7, 11) is 0. The molecule has 1 aromatic rings. The number of piperidine rings is 1. The SMILES string of the molecule is CSc1ccccc1NC(=O)CCC1CCCCN1. The lowest BCUT2D eigenvalue weighted by molar-refractivity contribution is -0.116. The van der Waals surface area contributed by atoms with Gasteiger partial charge in [-0.2, -0.15) is 0 Å². The summed E-state index contributed by atoms with van der Waals surface area (Å²) in [5.74, 6) is 0.119. The number of carbonyl (C=O) groups is 1. The van der Waals surface area contributed by atoms with E-state index in [4.69, 9.17) is 0 Å². The van der Waals surface area contributed by atoms with E-state index in [9.17, 15) is 4.79 Å². The van der Waals surface area contributed by atoms with Crippen molar-refractivity contribution in [2.45, 2.75) is 43.0 Å². The molecule has 1 saturated heterocycles. The molecule has 3 nitrogen and oxygen atoms in total. The maximum Gasteiger partial charge on any atom is 0.224 e. The summed E-state index contributed by atoms with van der Waals surface area (Å²) in [4.78, 5) is 13.1. The van der Waals surface area contributed by atoms with E-state index >= 15 is 0 Å². The van der Waals surface area contributed by atoms with Gasteiger partial charge >= 0.3 is 0 Å². The van der Waals surface area contributed by atoms with E-state index in [0.29, 0.717) is 12.5 Å². The van der Waals surface area contributed by atoms with Gasteiger partial charge in [-0.15, -0.1) is 11.8 Å². The van der Waals surface area contributed by atoms with Crippen LogP contribution < -0.4 is 10.6 Å². The van der Waals surface area contributed by atoms with Crippen molar-refractivity contribution in [2.24, 2.45) is 0 Å². The molecule has 1 heterocycles. The first-order valence-electron chi connectivity index (χ1n) is 6.96. The zero-order valence-electron chi connectivity index (χ0n) is 11.4. The molecule has 0 aliphatic carbocycles. The highest BCUT2D eigenvalue weighted by molar-refractivity contribution is 7.98. The van der Waals surface area contributed by atoms with E-state index in [0.717, 1.165) is 23.5 Å². The Bertz CT molecular complexity index is 416. The lowest BCUT2D eigenvalue weighted by Crippen LogP contribution is -2.34. The summed E-state index contributed by atoms with van der Waals surface area (Å²) in [5.41, 5.74) is 0.927. The maximum atomic E-state index is 12.0. The van der Waals surface area contributed by atoms with Crippen LogP contribution in [0.5, 0.6) is 0 Å². The van der Waals surface area contributed by atoms with Crippen molar-refractivity contribution in [1.82, 2.24) is 5.32 Å². The van der Waals surface area contributed by atoms with Crippen LogP contribution in [-0.4, -0.2) is 24.7 Å². The number of benzene rings is 1. The Morgan fingerprint density at radius 2 is 2.26 bits per heavy atom. The van der Waals surface area contributed by atoms with E-state index in [1.807, 2.05) is 30.5 Å². The van der Waals surface area contributed by atoms with E-state index < -0.39 is 0 Å². The number of para-hydroxylation sites is 1. The molecule has 1 aromatic carbocycles. The van der Waals surface area contributed by atoms with Gasteiger partial charge < -0.3 is 10.6 Å².